The van der Waals surface area contributed by atoms with Crippen molar-refractivity contribution in [3.05, 3.63) is 36.1 Å². The molecule has 0 saturated heterocycles. The molecule has 1 aliphatic heterocycles. The lowest BCUT2D eigenvalue weighted by molar-refractivity contribution is 0.0858. The van der Waals surface area contributed by atoms with Crippen molar-refractivity contribution in [1.82, 2.24) is 4.90 Å². The van der Waals surface area contributed by atoms with Crippen LogP contribution < -0.4 is 9.47 Å². The number of hydrogen-bond donors (Lipinski definition) is 0. The van der Waals surface area contributed by atoms with E-state index in [1.54, 1.807) is 7.11 Å². The van der Waals surface area contributed by atoms with Crippen molar-refractivity contribution in [2.24, 2.45) is 0 Å². The Morgan fingerprint density at radius 2 is 2.00 bits per heavy atom. The summed E-state index contributed by atoms with van der Waals surface area (Å²) >= 11 is 0. The molecule has 0 amide bonds. The maximum absolute atomic E-state index is 11.1. The molecule has 6 nitrogen and oxygen atoms in total. The molecule has 6 heteroatoms. The van der Waals surface area contributed by atoms with Crippen molar-refractivity contribution in [2.45, 2.75) is 6.42 Å². The van der Waals surface area contributed by atoms with Gasteiger partial charge in [0.1, 0.15) is 12.4 Å². The van der Waals surface area contributed by atoms with Gasteiger partial charge in [0.05, 0.1) is 20.8 Å². The number of carbonyl (C=O) groups excluding carboxylic acids is 1. The van der Waals surface area contributed by atoms with Crippen LogP contribution in [0.1, 0.15) is 6.42 Å². The van der Waals surface area contributed by atoms with Crippen molar-refractivity contribution in [3.8, 4) is 11.5 Å². The van der Waals surface area contributed by atoms with Crippen molar-refractivity contribution >= 4 is 6.16 Å². The number of methoxy groups -OCH3 is 2. The Balaban J connectivity index is 1.78. The highest BCUT2D eigenvalue weighted by atomic mass is 16.7. The van der Waals surface area contributed by atoms with E-state index in [4.69, 9.17) is 14.2 Å². The van der Waals surface area contributed by atoms with Crippen LogP contribution >= 0.6 is 0 Å². The molecule has 1 aliphatic rings. The van der Waals surface area contributed by atoms with Crippen LogP contribution in [0.15, 0.2) is 36.1 Å². The minimum atomic E-state index is -0.682. The summed E-state index contributed by atoms with van der Waals surface area (Å²) < 4.78 is 20.6. The van der Waals surface area contributed by atoms with Crippen LogP contribution in [0.3, 0.4) is 0 Å². The molecule has 1 heterocycles. The first kappa shape index (κ1) is 16.2. The van der Waals surface area contributed by atoms with Gasteiger partial charge in [0.15, 0.2) is 11.5 Å². The van der Waals surface area contributed by atoms with E-state index < -0.39 is 6.16 Å². The minimum absolute atomic E-state index is 0.534. The van der Waals surface area contributed by atoms with Gasteiger partial charge >= 0.3 is 6.16 Å². The van der Waals surface area contributed by atoms with E-state index in [1.165, 1.54) is 7.11 Å². The number of carbonyl (C=O) groups is 1. The van der Waals surface area contributed by atoms with E-state index in [2.05, 4.69) is 9.64 Å². The second-order valence-corrected chi connectivity index (χ2v) is 4.79. The standard InChI is InChI=1S/C16H21NO5/c1-19-14-7-3-4-8-15(14)21-11-10-17-9-5-6-13(12-17)22-16(18)20-2/h3-4,6-8H,5,9-12H2,1-2H3. The van der Waals surface area contributed by atoms with Gasteiger partial charge in [-0.1, -0.05) is 12.1 Å². The molecule has 0 aliphatic carbocycles. The molecule has 120 valence electrons. The quantitative estimate of drug-likeness (QED) is 0.752. The molecule has 22 heavy (non-hydrogen) atoms. The Kier molecular flexibility index (Phi) is 6.09. The largest absolute Gasteiger partial charge is 0.513 e. The monoisotopic (exact) mass is 307 g/mol. The number of ether oxygens (including phenoxy) is 4. The van der Waals surface area contributed by atoms with Gasteiger partial charge in [-0.25, -0.2) is 4.79 Å². The summed E-state index contributed by atoms with van der Waals surface area (Å²) in [5, 5.41) is 0. The fourth-order valence-corrected chi connectivity index (χ4v) is 2.21. The van der Waals surface area contributed by atoms with Gasteiger partial charge in [-0.15, -0.1) is 0 Å². The van der Waals surface area contributed by atoms with Crippen LogP contribution in [-0.4, -0.2) is 51.5 Å². The molecule has 0 N–H and O–H groups in total. The molecule has 0 fully saturated rings. The molecule has 0 spiro atoms. The molecule has 0 bridgehead atoms. The number of rotatable bonds is 6. The van der Waals surface area contributed by atoms with Gasteiger partial charge in [0.2, 0.25) is 0 Å². The van der Waals surface area contributed by atoms with E-state index in [1.807, 2.05) is 30.3 Å². The second-order valence-electron chi connectivity index (χ2n) is 4.79. The number of benzene rings is 1. The molecule has 1 aromatic rings. The minimum Gasteiger partial charge on any atom is -0.493 e. The zero-order chi connectivity index (χ0) is 15.8. The molecule has 2 rings (SSSR count). The SMILES string of the molecule is COC(=O)OC1=CCCN(CCOc2ccccc2OC)C1. The molecule has 0 aromatic heterocycles. The fourth-order valence-electron chi connectivity index (χ4n) is 2.21. The Labute approximate surface area is 130 Å². The second kappa shape index (κ2) is 8.29. The number of hydrogen-bond acceptors (Lipinski definition) is 6. The zero-order valence-electron chi connectivity index (χ0n) is 12.9. The fraction of sp³-hybridized carbons (Fsp3) is 0.438. The van der Waals surface area contributed by atoms with Crippen LogP contribution in [0.5, 0.6) is 11.5 Å². The highest BCUT2D eigenvalue weighted by Crippen LogP contribution is 2.25. The molecule has 0 radical (unpaired) electrons. The van der Waals surface area contributed by atoms with Crippen molar-refractivity contribution in [3.63, 3.8) is 0 Å². The van der Waals surface area contributed by atoms with E-state index in [0.29, 0.717) is 18.9 Å². The van der Waals surface area contributed by atoms with Crippen LogP contribution in [0, 0.1) is 0 Å². The Bertz CT molecular complexity index is 529. The zero-order valence-corrected chi connectivity index (χ0v) is 12.9. The highest BCUT2D eigenvalue weighted by molar-refractivity contribution is 5.61. The average Bonchev–Trinajstić information content (AvgIpc) is 2.55. The topological polar surface area (TPSA) is 57.2 Å². The predicted molar refractivity (Wildman–Crippen MR) is 81.1 cm³/mol. The Morgan fingerprint density at radius 1 is 1.23 bits per heavy atom. The summed E-state index contributed by atoms with van der Waals surface area (Å²) in [6.45, 7) is 2.75. The summed E-state index contributed by atoms with van der Waals surface area (Å²) in [6, 6.07) is 7.54. The summed E-state index contributed by atoms with van der Waals surface area (Å²) in [5.41, 5.74) is 0. The molecular weight excluding hydrogens is 286 g/mol. The Morgan fingerprint density at radius 3 is 2.73 bits per heavy atom. The van der Waals surface area contributed by atoms with Gasteiger partial charge in [0.25, 0.3) is 0 Å². The first-order valence-electron chi connectivity index (χ1n) is 7.16. The summed E-state index contributed by atoms with van der Waals surface area (Å²) in [6.07, 6.45) is 2.06. The lowest BCUT2D eigenvalue weighted by Crippen LogP contribution is -2.34. The first-order chi connectivity index (χ1) is 10.7. The van der Waals surface area contributed by atoms with Crippen molar-refractivity contribution in [2.75, 3.05) is 40.5 Å². The first-order valence-corrected chi connectivity index (χ1v) is 7.16. The van der Waals surface area contributed by atoms with Crippen LogP contribution in [0.4, 0.5) is 4.79 Å². The smallest absolute Gasteiger partial charge is 0.493 e. The van der Waals surface area contributed by atoms with Gasteiger partial charge < -0.3 is 18.9 Å². The maximum atomic E-state index is 11.1. The van der Waals surface area contributed by atoms with Crippen LogP contribution in [0.25, 0.3) is 0 Å². The predicted octanol–water partition coefficient (Wildman–Crippen LogP) is 2.45. The third kappa shape index (κ3) is 4.66. The van der Waals surface area contributed by atoms with Crippen LogP contribution in [0.2, 0.25) is 0 Å². The molecule has 1 aromatic carbocycles. The third-order valence-electron chi connectivity index (χ3n) is 3.31. The van der Waals surface area contributed by atoms with Gasteiger partial charge in [-0.2, -0.15) is 0 Å². The van der Waals surface area contributed by atoms with Crippen molar-refractivity contribution in [1.29, 1.82) is 0 Å². The highest BCUT2D eigenvalue weighted by Gasteiger charge is 2.16. The van der Waals surface area contributed by atoms with E-state index in [0.717, 1.165) is 31.0 Å². The lowest BCUT2D eigenvalue weighted by atomic mass is 10.2. The number of nitrogens with zero attached hydrogens (tertiary/aromatic N) is 1. The van der Waals surface area contributed by atoms with Gasteiger partial charge in [-0.3, -0.25) is 4.90 Å². The normalized spacial score (nSPS) is 14.9. The van der Waals surface area contributed by atoms with Gasteiger partial charge in [-0.05, 0) is 24.6 Å². The third-order valence-corrected chi connectivity index (χ3v) is 3.31. The molecule has 0 unspecified atom stereocenters. The van der Waals surface area contributed by atoms with E-state index in [9.17, 15) is 4.79 Å². The van der Waals surface area contributed by atoms with E-state index in [-0.39, 0.29) is 0 Å². The lowest BCUT2D eigenvalue weighted by Gasteiger charge is -2.26. The molecule has 0 saturated carbocycles. The number of para-hydroxylation sites is 2. The van der Waals surface area contributed by atoms with Crippen molar-refractivity contribution < 1.29 is 23.7 Å². The molecular formula is C16H21NO5. The summed E-state index contributed by atoms with van der Waals surface area (Å²) in [4.78, 5) is 13.3. The summed E-state index contributed by atoms with van der Waals surface area (Å²) in [5.74, 6) is 2.06. The average molecular weight is 307 g/mol. The molecule has 0 atom stereocenters. The maximum Gasteiger partial charge on any atom is 0.513 e. The Hall–Kier alpha value is -2.21. The van der Waals surface area contributed by atoms with Gasteiger partial charge in [0, 0.05) is 13.1 Å². The summed E-state index contributed by atoms with van der Waals surface area (Å²) in [7, 11) is 2.92. The van der Waals surface area contributed by atoms with E-state index >= 15 is 0 Å². The van der Waals surface area contributed by atoms with Crippen LogP contribution in [-0.2, 0) is 9.47 Å².